The van der Waals surface area contributed by atoms with Crippen LogP contribution >= 0.6 is 0 Å². The molecule has 2 atom stereocenters. The molecule has 1 aliphatic carbocycles. The first kappa shape index (κ1) is 19.9. The maximum Gasteiger partial charge on any atom is 0.261 e. The number of anilines is 1. The molecule has 0 unspecified atom stereocenters. The predicted molar refractivity (Wildman–Crippen MR) is 110 cm³/mol. The molecular weight excluding hydrogens is 391 g/mol. The van der Waals surface area contributed by atoms with Crippen LogP contribution in [0.2, 0.25) is 0 Å². The molecule has 2 aromatic rings. The summed E-state index contributed by atoms with van der Waals surface area (Å²) in [5, 5.41) is 0. The number of para-hydroxylation sites is 1. The molecule has 4 rings (SSSR count). The molecule has 0 spiro atoms. The first-order valence-electron chi connectivity index (χ1n) is 10.1. The van der Waals surface area contributed by atoms with E-state index in [9.17, 15) is 17.6 Å². The van der Waals surface area contributed by atoms with Gasteiger partial charge >= 0.3 is 0 Å². The minimum atomic E-state index is -3.93. The Morgan fingerprint density at radius 3 is 2.38 bits per heavy atom. The van der Waals surface area contributed by atoms with Crippen LogP contribution in [0.5, 0.6) is 0 Å². The minimum Gasteiger partial charge on any atom is -0.338 e. The SMILES string of the molecule is O=C(c1ccc(S(=O)(=O)Nc2ccccc2F)cc1)N1CC[C@@H]2CCCC[C@@H]2C1. The zero-order valence-corrected chi connectivity index (χ0v) is 17.0. The molecular formula is C22H25FN2O3S. The Morgan fingerprint density at radius 2 is 1.66 bits per heavy atom. The van der Waals surface area contributed by atoms with Crippen molar-refractivity contribution in [2.45, 2.75) is 37.0 Å². The molecule has 7 heteroatoms. The summed E-state index contributed by atoms with van der Waals surface area (Å²) in [4.78, 5) is 14.8. The highest BCUT2D eigenvalue weighted by Crippen LogP contribution is 2.36. The van der Waals surface area contributed by atoms with Crippen molar-refractivity contribution < 1.29 is 17.6 Å². The number of rotatable bonds is 4. The van der Waals surface area contributed by atoms with E-state index in [1.807, 2.05) is 4.90 Å². The lowest BCUT2D eigenvalue weighted by atomic mass is 9.75. The predicted octanol–water partition coefficient (Wildman–Crippen LogP) is 4.28. The van der Waals surface area contributed by atoms with Crippen LogP contribution in [0.1, 0.15) is 42.5 Å². The Balaban J connectivity index is 1.46. The van der Waals surface area contributed by atoms with Gasteiger partial charge in [0, 0.05) is 18.7 Å². The Kier molecular flexibility index (Phi) is 5.58. The highest BCUT2D eigenvalue weighted by Gasteiger charge is 2.33. The first-order valence-corrected chi connectivity index (χ1v) is 11.6. The maximum atomic E-state index is 13.8. The molecule has 2 aromatic carbocycles. The molecule has 0 radical (unpaired) electrons. The van der Waals surface area contributed by atoms with Crippen molar-refractivity contribution in [1.29, 1.82) is 0 Å². The highest BCUT2D eigenvalue weighted by atomic mass is 32.2. The van der Waals surface area contributed by atoms with Gasteiger partial charge in [0.1, 0.15) is 5.82 Å². The second-order valence-electron chi connectivity index (χ2n) is 7.95. The van der Waals surface area contributed by atoms with Crippen molar-refractivity contribution in [3.05, 3.63) is 59.9 Å². The van der Waals surface area contributed by atoms with E-state index in [2.05, 4.69) is 4.72 Å². The first-order chi connectivity index (χ1) is 13.9. The van der Waals surface area contributed by atoms with Crippen LogP contribution in [0, 0.1) is 17.7 Å². The molecule has 154 valence electrons. The van der Waals surface area contributed by atoms with Gasteiger partial charge in [-0.15, -0.1) is 0 Å². The summed E-state index contributed by atoms with van der Waals surface area (Å²) in [6.45, 7) is 1.55. The third kappa shape index (κ3) is 4.29. The second kappa shape index (κ2) is 8.14. The largest absolute Gasteiger partial charge is 0.338 e. The number of halogens is 1. The lowest BCUT2D eigenvalue weighted by Gasteiger charge is -2.41. The summed E-state index contributed by atoms with van der Waals surface area (Å²) in [5.74, 6) is 0.630. The molecule has 1 aliphatic heterocycles. The third-order valence-corrected chi connectivity index (χ3v) is 7.49. The van der Waals surface area contributed by atoms with Crippen molar-refractivity contribution in [3.63, 3.8) is 0 Å². The number of nitrogens with zero attached hydrogens (tertiary/aromatic N) is 1. The van der Waals surface area contributed by atoms with Gasteiger partial charge in [0.15, 0.2) is 0 Å². The quantitative estimate of drug-likeness (QED) is 0.809. The van der Waals surface area contributed by atoms with Crippen molar-refractivity contribution in [2.24, 2.45) is 11.8 Å². The van der Waals surface area contributed by atoms with Gasteiger partial charge in [-0.25, -0.2) is 12.8 Å². The van der Waals surface area contributed by atoms with E-state index in [0.29, 0.717) is 11.5 Å². The van der Waals surface area contributed by atoms with E-state index >= 15 is 0 Å². The van der Waals surface area contributed by atoms with Crippen molar-refractivity contribution in [1.82, 2.24) is 4.90 Å². The molecule has 1 saturated carbocycles. The van der Waals surface area contributed by atoms with Crippen LogP contribution in [-0.4, -0.2) is 32.3 Å². The van der Waals surface area contributed by atoms with Crippen LogP contribution in [0.25, 0.3) is 0 Å². The van der Waals surface area contributed by atoms with Crippen LogP contribution < -0.4 is 4.72 Å². The number of carbonyl (C=O) groups is 1. The van der Waals surface area contributed by atoms with Crippen molar-refractivity contribution >= 4 is 21.6 Å². The normalized spacial score (nSPS) is 22.0. The molecule has 0 aromatic heterocycles. The number of fused-ring (bicyclic) bond motifs is 1. The fourth-order valence-corrected chi connectivity index (χ4v) is 5.56. The van der Waals surface area contributed by atoms with E-state index in [1.165, 1.54) is 68.1 Å². The number of sulfonamides is 1. The number of hydrogen-bond donors (Lipinski definition) is 1. The number of benzene rings is 2. The number of hydrogen-bond acceptors (Lipinski definition) is 3. The molecule has 1 N–H and O–H groups in total. The van der Waals surface area contributed by atoms with E-state index < -0.39 is 15.8 Å². The average Bonchev–Trinajstić information content (AvgIpc) is 2.74. The standard InChI is InChI=1S/C22H25FN2O3S/c23-20-7-3-4-8-21(20)24-29(27,28)19-11-9-17(10-12-19)22(26)25-14-13-16-5-1-2-6-18(16)15-25/h3-4,7-12,16,18,24H,1-2,5-6,13-15H2/t16-,18+/m0/s1. The van der Waals surface area contributed by atoms with Gasteiger partial charge in [-0.05, 0) is 61.1 Å². The molecule has 29 heavy (non-hydrogen) atoms. The maximum absolute atomic E-state index is 13.8. The van der Waals surface area contributed by atoms with Crippen LogP contribution in [0.3, 0.4) is 0 Å². The zero-order chi connectivity index (χ0) is 20.4. The van der Waals surface area contributed by atoms with E-state index in [-0.39, 0.29) is 16.5 Å². The molecule has 1 heterocycles. The van der Waals surface area contributed by atoms with E-state index in [1.54, 1.807) is 6.07 Å². The molecule has 1 saturated heterocycles. The van der Waals surface area contributed by atoms with Gasteiger partial charge in [0.25, 0.3) is 15.9 Å². The topological polar surface area (TPSA) is 66.5 Å². The fourth-order valence-electron chi connectivity index (χ4n) is 4.49. The van der Waals surface area contributed by atoms with Gasteiger partial charge in [0.2, 0.25) is 0 Å². The number of piperidine rings is 1. The van der Waals surface area contributed by atoms with Crippen LogP contribution in [0.15, 0.2) is 53.4 Å². The van der Waals surface area contributed by atoms with Gasteiger partial charge in [-0.3, -0.25) is 9.52 Å². The Bertz CT molecular complexity index is 991. The number of nitrogens with one attached hydrogen (secondary N) is 1. The van der Waals surface area contributed by atoms with E-state index in [4.69, 9.17) is 0 Å². The lowest BCUT2D eigenvalue weighted by molar-refractivity contribution is 0.0521. The highest BCUT2D eigenvalue weighted by molar-refractivity contribution is 7.92. The summed E-state index contributed by atoms with van der Waals surface area (Å²) in [6.07, 6.45) is 6.05. The van der Waals surface area contributed by atoms with E-state index in [0.717, 1.165) is 25.4 Å². The van der Waals surface area contributed by atoms with Crippen LogP contribution in [0.4, 0.5) is 10.1 Å². The summed E-state index contributed by atoms with van der Waals surface area (Å²) in [7, 11) is -3.93. The summed E-state index contributed by atoms with van der Waals surface area (Å²) >= 11 is 0. The molecule has 1 amide bonds. The van der Waals surface area contributed by atoms with Crippen LogP contribution in [-0.2, 0) is 10.0 Å². The second-order valence-corrected chi connectivity index (χ2v) is 9.64. The summed E-state index contributed by atoms with van der Waals surface area (Å²) in [6, 6.07) is 11.4. The molecule has 2 fully saturated rings. The molecule has 2 aliphatic rings. The van der Waals surface area contributed by atoms with Gasteiger partial charge in [-0.1, -0.05) is 31.4 Å². The lowest BCUT2D eigenvalue weighted by Crippen LogP contribution is -2.44. The van der Waals surface area contributed by atoms with Gasteiger partial charge in [-0.2, -0.15) is 0 Å². The number of amides is 1. The van der Waals surface area contributed by atoms with Crippen molar-refractivity contribution in [2.75, 3.05) is 17.8 Å². The number of likely N-dealkylation sites (tertiary alicyclic amines) is 1. The monoisotopic (exact) mass is 416 g/mol. The molecule has 0 bridgehead atoms. The minimum absolute atomic E-state index is 0.0108. The average molecular weight is 417 g/mol. The Hall–Kier alpha value is -2.41. The van der Waals surface area contributed by atoms with Gasteiger partial charge in [0.05, 0.1) is 10.6 Å². The Labute approximate surface area is 171 Å². The summed E-state index contributed by atoms with van der Waals surface area (Å²) in [5.41, 5.74) is 0.368. The summed E-state index contributed by atoms with van der Waals surface area (Å²) < 4.78 is 41.0. The van der Waals surface area contributed by atoms with Gasteiger partial charge < -0.3 is 4.90 Å². The Morgan fingerprint density at radius 1 is 0.966 bits per heavy atom. The van der Waals surface area contributed by atoms with Crippen molar-refractivity contribution in [3.8, 4) is 0 Å². The number of carbonyl (C=O) groups excluding carboxylic acids is 1. The molecule has 5 nitrogen and oxygen atoms in total. The third-order valence-electron chi connectivity index (χ3n) is 6.11. The smallest absolute Gasteiger partial charge is 0.261 e. The fraction of sp³-hybridized carbons (Fsp3) is 0.409. The zero-order valence-electron chi connectivity index (χ0n) is 16.2.